The summed E-state index contributed by atoms with van der Waals surface area (Å²) in [5.41, 5.74) is 0. The van der Waals surface area contributed by atoms with Crippen LogP contribution < -0.4 is 0 Å². The van der Waals surface area contributed by atoms with E-state index < -0.39 is 0 Å². The summed E-state index contributed by atoms with van der Waals surface area (Å²) in [6, 6.07) is 0. The van der Waals surface area contributed by atoms with Crippen LogP contribution >= 0.6 is 100 Å². The molecule has 0 radical (unpaired) electrons. The highest BCUT2D eigenvalue weighted by molar-refractivity contribution is 14.1. The summed E-state index contributed by atoms with van der Waals surface area (Å²) < 4.78 is 1.97. The normalized spacial score (nSPS) is 18.0. The quantitative estimate of drug-likeness (QED) is 0.301. The van der Waals surface area contributed by atoms with Crippen LogP contribution in [0.15, 0.2) is 9.51 Å². The van der Waals surface area contributed by atoms with Gasteiger partial charge >= 0.3 is 0 Å². The number of rotatable bonds is 5. The minimum atomic E-state index is 0.391. The lowest BCUT2D eigenvalue weighted by molar-refractivity contribution is 0.896. The lowest BCUT2D eigenvalue weighted by Gasteiger charge is -2.16. The van der Waals surface area contributed by atoms with Gasteiger partial charge in [-0.3, -0.25) is 0 Å². The molecule has 6 heteroatoms. The van der Waals surface area contributed by atoms with Crippen molar-refractivity contribution >= 4 is 100 Å². The average molecular weight is 577 g/mol. The fourth-order valence-corrected chi connectivity index (χ4v) is 4.57. The molecule has 0 aliphatic carbocycles. The molecular formula is C7H8Br2Cl2I2. The molecule has 0 aliphatic rings. The first-order valence-electron chi connectivity index (χ1n) is 3.48. The number of allylic oxidation sites excluding steroid dienone is 2. The fraction of sp³-hybridized carbons (Fsp3) is 0.714. The summed E-state index contributed by atoms with van der Waals surface area (Å²) in [7, 11) is 0. The highest BCUT2D eigenvalue weighted by Crippen LogP contribution is 2.33. The zero-order chi connectivity index (χ0) is 10.4. The van der Waals surface area contributed by atoms with Gasteiger partial charge in [-0.1, -0.05) is 88.6 Å². The monoisotopic (exact) mass is 574 g/mol. The van der Waals surface area contributed by atoms with E-state index in [-0.39, 0.29) is 0 Å². The highest BCUT2D eigenvalue weighted by atomic mass is 127. The van der Waals surface area contributed by atoms with Crippen molar-refractivity contribution in [3.8, 4) is 0 Å². The van der Waals surface area contributed by atoms with E-state index >= 15 is 0 Å². The van der Waals surface area contributed by atoms with E-state index in [1.54, 1.807) is 0 Å². The Bertz CT molecular complexity index is 187. The number of alkyl halides is 4. The van der Waals surface area contributed by atoms with Crippen molar-refractivity contribution in [2.75, 3.05) is 11.2 Å². The molecule has 0 saturated carbocycles. The SMILES string of the molecule is ClCCC(I)C(I)C(Br)=C(Cl)CBr. The van der Waals surface area contributed by atoms with Gasteiger partial charge in [0, 0.05) is 24.6 Å². The van der Waals surface area contributed by atoms with Gasteiger partial charge in [0.15, 0.2) is 0 Å². The lowest BCUT2D eigenvalue weighted by atomic mass is 10.2. The van der Waals surface area contributed by atoms with Gasteiger partial charge in [-0.2, -0.15) is 0 Å². The molecule has 78 valence electrons. The lowest BCUT2D eigenvalue weighted by Crippen LogP contribution is -2.15. The van der Waals surface area contributed by atoms with Crippen molar-refractivity contribution in [1.82, 2.24) is 0 Å². The summed E-state index contributed by atoms with van der Waals surface area (Å²) >= 11 is 23.3. The molecule has 0 aromatic carbocycles. The fourth-order valence-electron chi connectivity index (χ4n) is 0.623. The molecule has 0 aromatic heterocycles. The molecule has 0 saturated heterocycles. The van der Waals surface area contributed by atoms with Crippen molar-refractivity contribution in [1.29, 1.82) is 0 Å². The molecule has 2 atom stereocenters. The first-order valence-corrected chi connectivity index (χ1v) is 8.80. The van der Waals surface area contributed by atoms with Crippen LogP contribution in [0.4, 0.5) is 0 Å². The standard InChI is InChI=1S/C7H8Br2Cl2I2/c8-3-4(11)6(9)7(13)5(12)1-2-10/h5,7H,1-3H2. The Labute approximate surface area is 133 Å². The molecule has 0 N–H and O–H groups in total. The smallest absolute Gasteiger partial charge is 0.0555 e. The van der Waals surface area contributed by atoms with Crippen LogP contribution in [-0.2, 0) is 0 Å². The number of hydrogen-bond donors (Lipinski definition) is 0. The average Bonchev–Trinajstić information content (AvgIpc) is 2.14. The van der Waals surface area contributed by atoms with Crippen LogP contribution in [0.5, 0.6) is 0 Å². The molecule has 2 unspecified atom stereocenters. The molecule has 0 nitrogen and oxygen atoms in total. The Morgan fingerprint density at radius 1 is 1.38 bits per heavy atom. The second-order valence-corrected chi connectivity index (χ2v) is 7.47. The maximum absolute atomic E-state index is 6.00. The van der Waals surface area contributed by atoms with Gasteiger partial charge in [0.1, 0.15) is 0 Å². The van der Waals surface area contributed by atoms with Crippen molar-refractivity contribution in [2.45, 2.75) is 14.3 Å². The second-order valence-electron chi connectivity index (χ2n) is 2.28. The summed E-state index contributed by atoms with van der Waals surface area (Å²) in [4.78, 5) is 0. The predicted molar refractivity (Wildman–Crippen MR) is 86.6 cm³/mol. The van der Waals surface area contributed by atoms with Crippen molar-refractivity contribution in [3.05, 3.63) is 9.51 Å². The summed E-state index contributed by atoms with van der Waals surface area (Å²) in [6.07, 6.45) is 0.997. The highest BCUT2D eigenvalue weighted by Gasteiger charge is 2.19. The van der Waals surface area contributed by atoms with E-state index in [0.29, 0.717) is 19.1 Å². The molecule has 0 fully saturated rings. The van der Waals surface area contributed by atoms with Crippen LogP contribution in [0.3, 0.4) is 0 Å². The third kappa shape index (κ3) is 6.14. The third-order valence-corrected chi connectivity index (χ3v) is 9.03. The molecule has 0 aliphatic heterocycles. The van der Waals surface area contributed by atoms with Crippen molar-refractivity contribution in [3.63, 3.8) is 0 Å². The molecule has 0 bridgehead atoms. The van der Waals surface area contributed by atoms with Gasteiger partial charge in [-0.05, 0) is 6.42 Å². The van der Waals surface area contributed by atoms with E-state index in [2.05, 4.69) is 77.0 Å². The summed E-state index contributed by atoms with van der Waals surface area (Å²) in [5.74, 6) is 0.694. The summed E-state index contributed by atoms with van der Waals surface area (Å²) in [6.45, 7) is 0. The van der Waals surface area contributed by atoms with Crippen molar-refractivity contribution < 1.29 is 0 Å². The Hall–Kier alpha value is 2.74. The molecular weight excluding hydrogens is 569 g/mol. The molecule has 0 rings (SSSR count). The van der Waals surface area contributed by atoms with Crippen LogP contribution in [0.25, 0.3) is 0 Å². The zero-order valence-corrected chi connectivity index (χ0v) is 15.5. The van der Waals surface area contributed by atoms with E-state index in [0.717, 1.165) is 15.9 Å². The number of hydrogen-bond acceptors (Lipinski definition) is 0. The minimum absolute atomic E-state index is 0.391. The van der Waals surface area contributed by atoms with Gasteiger partial charge in [-0.15, -0.1) is 11.6 Å². The van der Waals surface area contributed by atoms with Crippen LogP contribution in [0.1, 0.15) is 6.42 Å². The predicted octanol–water partition coefficient (Wildman–Crippen LogP) is 5.46. The first kappa shape index (κ1) is 15.7. The largest absolute Gasteiger partial charge is 0.127 e. The van der Waals surface area contributed by atoms with E-state index in [1.165, 1.54) is 0 Å². The zero-order valence-electron chi connectivity index (χ0n) is 6.54. The Morgan fingerprint density at radius 2 is 1.92 bits per heavy atom. The van der Waals surface area contributed by atoms with Gasteiger partial charge < -0.3 is 0 Å². The van der Waals surface area contributed by atoms with Crippen LogP contribution in [-0.4, -0.2) is 19.1 Å². The van der Waals surface area contributed by atoms with Gasteiger partial charge in [-0.25, -0.2) is 0 Å². The molecule has 13 heavy (non-hydrogen) atoms. The van der Waals surface area contributed by atoms with E-state index in [9.17, 15) is 0 Å². The second kappa shape index (κ2) is 8.84. The minimum Gasteiger partial charge on any atom is -0.127 e. The topological polar surface area (TPSA) is 0 Å². The number of halogens is 6. The van der Waals surface area contributed by atoms with Crippen LogP contribution in [0, 0.1) is 0 Å². The maximum Gasteiger partial charge on any atom is 0.0555 e. The van der Waals surface area contributed by atoms with Crippen LogP contribution in [0.2, 0.25) is 0 Å². The third-order valence-electron chi connectivity index (χ3n) is 1.32. The van der Waals surface area contributed by atoms with Crippen molar-refractivity contribution in [2.24, 2.45) is 0 Å². The molecule has 0 aromatic rings. The van der Waals surface area contributed by atoms with Gasteiger partial charge in [0.25, 0.3) is 0 Å². The Kier molecular flexibility index (Phi) is 10.7. The van der Waals surface area contributed by atoms with Gasteiger partial charge in [0.2, 0.25) is 0 Å². The molecule has 0 amide bonds. The summed E-state index contributed by atoms with van der Waals surface area (Å²) in [5, 5.41) is 1.52. The van der Waals surface area contributed by atoms with E-state index in [1.807, 2.05) is 0 Å². The Morgan fingerprint density at radius 3 is 2.31 bits per heavy atom. The van der Waals surface area contributed by atoms with E-state index in [4.69, 9.17) is 23.2 Å². The Balaban J connectivity index is 4.32. The van der Waals surface area contributed by atoms with Gasteiger partial charge in [0.05, 0.1) is 3.92 Å². The maximum atomic E-state index is 6.00. The molecule has 0 heterocycles. The molecule has 0 spiro atoms. The first-order chi connectivity index (χ1) is 6.04.